The molecule has 10 nitrogen and oxygen atoms in total. The number of nitrogens with one attached hydrogen (secondary N) is 3. The molecule has 4 aliphatic rings. The van der Waals surface area contributed by atoms with E-state index >= 15 is 0 Å². The molecule has 1 aromatic carbocycles. The molecule has 4 aliphatic heterocycles. The van der Waals surface area contributed by atoms with Crippen LogP contribution in [0.15, 0.2) is 29.5 Å². The van der Waals surface area contributed by atoms with Crippen LogP contribution in [-0.2, 0) is 23.9 Å². The molecule has 5 rings (SSSR count). The van der Waals surface area contributed by atoms with Crippen molar-refractivity contribution in [1.29, 1.82) is 0 Å². The van der Waals surface area contributed by atoms with Gasteiger partial charge in [0.25, 0.3) is 5.91 Å². The van der Waals surface area contributed by atoms with Gasteiger partial charge >= 0.3 is 0 Å². The first-order valence-electron chi connectivity index (χ1n) is 13.1. The molecular weight excluding hydrogens is 493 g/mol. The number of likely N-dealkylation sites (tertiary alicyclic amines) is 1. The van der Waals surface area contributed by atoms with Gasteiger partial charge in [-0.1, -0.05) is 0 Å². The van der Waals surface area contributed by atoms with Crippen LogP contribution in [0.2, 0.25) is 0 Å². The van der Waals surface area contributed by atoms with Crippen LogP contribution in [0.25, 0.3) is 5.57 Å². The number of methoxy groups -OCH3 is 1. The molecule has 4 heterocycles. The lowest BCUT2D eigenvalue weighted by Crippen LogP contribution is -2.45. The van der Waals surface area contributed by atoms with Gasteiger partial charge < -0.3 is 30.3 Å². The molecule has 2 unspecified atom stereocenters. The number of morpholine rings is 1. The van der Waals surface area contributed by atoms with Crippen molar-refractivity contribution in [2.45, 2.75) is 25.8 Å². The predicted octanol–water partition coefficient (Wildman–Crippen LogP) is 1.56. The first kappa shape index (κ1) is 26.3. The number of halogens is 1. The van der Waals surface area contributed by atoms with Crippen LogP contribution in [0.4, 0.5) is 15.8 Å². The first-order valence-corrected chi connectivity index (χ1v) is 13.1. The van der Waals surface area contributed by atoms with Crippen LogP contribution in [0.1, 0.15) is 25.3 Å². The number of hydrogen-bond donors (Lipinski definition) is 3. The molecule has 0 radical (unpaired) electrons. The molecule has 3 N–H and O–H groups in total. The topological polar surface area (TPSA) is 112 Å². The average molecular weight is 528 g/mol. The SMILES string of the molecule is COCC(=O)Nc1cc2c(cc1F)/C(=C/C1=C(C)C3C(=O)N(CCN4CCOCC4)CCCC3N1)C(=O)N2. The zero-order valence-electron chi connectivity index (χ0n) is 21.8. The van der Waals surface area contributed by atoms with E-state index in [1.807, 2.05) is 11.8 Å². The van der Waals surface area contributed by atoms with Crippen LogP contribution >= 0.6 is 0 Å². The van der Waals surface area contributed by atoms with Crippen LogP contribution in [-0.4, -0.2) is 93.2 Å². The highest BCUT2D eigenvalue weighted by Crippen LogP contribution is 2.39. The fraction of sp³-hybridized carbons (Fsp3) is 0.519. The largest absolute Gasteiger partial charge is 0.381 e. The summed E-state index contributed by atoms with van der Waals surface area (Å²) in [6, 6.07) is 2.60. The Bertz CT molecular complexity index is 1190. The monoisotopic (exact) mass is 527 g/mol. The third-order valence-corrected chi connectivity index (χ3v) is 7.67. The van der Waals surface area contributed by atoms with Gasteiger partial charge in [-0.15, -0.1) is 0 Å². The van der Waals surface area contributed by atoms with Crippen molar-refractivity contribution in [3.8, 4) is 0 Å². The number of fused-ring (bicyclic) bond motifs is 2. The molecule has 0 aromatic heterocycles. The summed E-state index contributed by atoms with van der Waals surface area (Å²) in [5.74, 6) is -1.71. The predicted molar refractivity (Wildman–Crippen MR) is 140 cm³/mol. The number of ether oxygens (including phenoxy) is 2. The summed E-state index contributed by atoms with van der Waals surface area (Å²) in [5.41, 5.74) is 2.70. The van der Waals surface area contributed by atoms with E-state index < -0.39 is 11.7 Å². The highest BCUT2D eigenvalue weighted by molar-refractivity contribution is 6.32. The molecule has 204 valence electrons. The molecule has 0 spiro atoms. The van der Waals surface area contributed by atoms with Crippen molar-refractivity contribution in [3.63, 3.8) is 0 Å². The highest BCUT2D eigenvalue weighted by Gasteiger charge is 2.41. The van der Waals surface area contributed by atoms with Crippen LogP contribution < -0.4 is 16.0 Å². The smallest absolute Gasteiger partial charge is 0.256 e. The Kier molecular flexibility index (Phi) is 7.78. The molecule has 0 saturated carbocycles. The minimum atomic E-state index is -0.656. The maximum absolute atomic E-state index is 14.8. The fourth-order valence-corrected chi connectivity index (χ4v) is 5.65. The Morgan fingerprint density at radius 1 is 1.24 bits per heavy atom. The molecular formula is C27H34FN5O5. The van der Waals surface area contributed by atoms with E-state index in [1.165, 1.54) is 19.2 Å². The Labute approximate surface area is 221 Å². The van der Waals surface area contributed by atoms with Crippen LogP contribution in [0.5, 0.6) is 0 Å². The average Bonchev–Trinajstić information content (AvgIpc) is 3.30. The summed E-state index contributed by atoms with van der Waals surface area (Å²) in [4.78, 5) is 42.6. The number of nitrogens with zero attached hydrogens (tertiary/aromatic N) is 2. The summed E-state index contributed by atoms with van der Waals surface area (Å²) in [6.07, 6.45) is 3.45. The first-order chi connectivity index (χ1) is 18.4. The van der Waals surface area contributed by atoms with E-state index in [2.05, 4.69) is 20.9 Å². The molecule has 2 fully saturated rings. The highest BCUT2D eigenvalue weighted by atomic mass is 19.1. The molecule has 1 aromatic rings. The standard InChI is InChI=1S/C27H34FN5O5/c1-16-21(13-18-17-12-19(28)23(30-24(34)15-37-2)14-22(17)31-26(18)35)29-20-4-3-5-33(27(36)25(16)20)7-6-32-8-10-38-11-9-32/h12-14,20,25,29H,3-11,15H2,1-2H3,(H,30,34)(H,31,35)/b18-13-. The summed E-state index contributed by atoms with van der Waals surface area (Å²) < 4.78 is 25.0. The lowest BCUT2D eigenvalue weighted by molar-refractivity contribution is -0.134. The Morgan fingerprint density at radius 2 is 2.03 bits per heavy atom. The number of anilines is 2. The molecule has 11 heteroatoms. The molecule has 38 heavy (non-hydrogen) atoms. The fourth-order valence-electron chi connectivity index (χ4n) is 5.65. The van der Waals surface area contributed by atoms with Gasteiger partial charge in [-0.05, 0) is 43.5 Å². The van der Waals surface area contributed by atoms with E-state index in [9.17, 15) is 18.8 Å². The van der Waals surface area contributed by atoms with E-state index in [4.69, 9.17) is 9.47 Å². The molecule has 2 saturated heterocycles. The van der Waals surface area contributed by atoms with Crippen molar-refractivity contribution < 1.29 is 28.2 Å². The van der Waals surface area contributed by atoms with Crippen molar-refractivity contribution in [3.05, 3.63) is 40.9 Å². The summed E-state index contributed by atoms with van der Waals surface area (Å²) in [7, 11) is 1.37. The Balaban J connectivity index is 1.35. The van der Waals surface area contributed by atoms with Gasteiger partial charge in [0.15, 0.2) is 0 Å². The minimum absolute atomic E-state index is 0.0354. The van der Waals surface area contributed by atoms with E-state index in [0.717, 1.165) is 63.5 Å². The Morgan fingerprint density at radius 3 is 2.79 bits per heavy atom. The number of carbonyl (C=O) groups excluding carboxylic acids is 3. The van der Waals surface area contributed by atoms with Gasteiger partial charge in [0.2, 0.25) is 11.8 Å². The quantitative estimate of drug-likeness (QED) is 0.462. The van der Waals surface area contributed by atoms with Gasteiger partial charge in [-0.2, -0.15) is 0 Å². The Hall–Kier alpha value is -3.28. The van der Waals surface area contributed by atoms with E-state index in [1.54, 1.807) is 6.08 Å². The summed E-state index contributed by atoms with van der Waals surface area (Å²) >= 11 is 0. The summed E-state index contributed by atoms with van der Waals surface area (Å²) in [6.45, 7) is 7.20. The second-order valence-electron chi connectivity index (χ2n) is 10.1. The third-order valence-electron chi connectivity index (χ3n) is 7.67. The van der Waals surface area contributed by atoms with Crippen molar-refractivity contribution in [2.24, 2.45) is 5.92 Å². The van der Waals surface area contributed by atoms with Crippen molar-refractivity contribution in [1.82, 2.24) is 15.1 Å². The van der Waals surface area contributed by atoms with E-state index in [0.29, 0.717) is 23.4 Å². The number of amides is 3. The van der Waals surface area contributed by atoms with Crippen LogP contribution in [0.3, 0.4) is 0 Å². The van der Waals surface area contributed by atoms with Gasteiger partial charge in [-0.25, -0.2) is 4.39 Å². The zero-order chi connectivity index (χ0) is 26.8. The normalized spacial score (nSPS) is 24.7. The molecule has 3 amide bonds. The number of rotatable bonds is 7. The van der Waals surface area contributed by atoms with Crippen molar-refractivity contribution >= 4 is 34.7 Å². The van der Waals surface area contributed by atoms with E-state index in [-0.39, 0.29) is 36.1 Å². The van der Waals surface area contributed by atoms with Gasteiger partial charge in [0.1, 0.15) is 12.4 Å². The molecule has 0 bridgehead atoms. The van der Waals surface area contributed by atoms with Gasteiger partial charge in [0.05, 0.1) is 36.1 Å². The summed E-state index contributed by atoms with van der Waals surface area (Å²) in [5, 5.41) is 8.67. The number of carbonyl (C=O) groups is 3. The van der Waals surface area contributed by atoms with Gasteiger partial charge in [-0.3, -0.25) is 19.3 Å². The molecule has 0 aliphatic carbocycles. The van der Waals surface area contributed by atoms with Gasteiger partial charge in [0, 0.05) is 57.1 Å². The number of allylic oxidation sites excluding steroid dienone is 1. The second kappa shape index (κ2) is 11.2. The molecule has 2 atom stereocenters. The minimum Gasteiger partial charge on any atom is -0.381 e. The number of benzene rings is 1. The lowest BCUT2D eigenvalue weighted by Gasteiger charge is -2.30. The second-order valence-corrected chi connectivity index (χ2v) is 10.1. The zero-order valence-corrected chi connectivity index (χ0v) is 21.8. The maximum Gasteiger partial charge on any atom is 0.256 e. The van der Waals surface area contributed by atoms with Crippen LogP contribution in [0, 0.1) is 11.7 Å². The maximum atomic E-state index is 14.8. The lowest BCUT2D eigenvalue weighted by atomic mass is 9.92. The van der Waals surface area contributed by atoms with Crippen molar-refractivity contribution in [2.75, 3.05) is 70.3 Å². The number of hydrogen-bond acceptors (Lipinski definition) is 7. The third kappa shape index (κ3) is 5.31.